The summed E-state index contributed by atoms with van der Waals surface area (Å²) in [5.41, 5.74) is 8.24. The number of rotatable bonds is 2. The molecule has 3 aromatic rings. The third-order valence-corrected chi connectivity index (χ3v) is 3.14. The number of nitrogens with two attached hydrogens (primary N) is 1. The van der Waals surface area contributed by atoms with Gasteiger partial charge in [0.1, 0.15) is 12.1 Å². The minimum absolute atomic E-state index is 0.319. The van der Waals surface area contributed by atoms with Gasteiger partial charge in [-0.1, -0.05) is 23.7 Å². The van der Waals surface area contributed by atoms with Crippen LogP contribution in [0.1, 0.15) is 5.69 Å². The zero-order chi connectivity index (χ0) is 12.5. The van der Waals surface area contributed by atoms with Gasteiger partial charge >= 0.3 is 0 Å². The maximum atomic E-state index is 6.01. The van der Waals surface area contributed by atoms with E-state index in [1.54, 1.807) is 12.4 Å². The van der Waals surface area contributed by atoms with Crippen LogP contribution in [0.5, 0.6) is 0 Å². The number of imidazole rings is 1. The number of para-hydroxylation sites is 2. The second kappa shape index (κ2) is 4.40. The molecule has 90 valence electrons. The zero-order valence-electron chi connectivity index (χ0n) is 9.55. The molecule has 1 aromatic carbocycles. The highest BCUT2D eigenvalue weighted by Gasteiger charge is 2.07. The van der Waals surface area contributed by atoms with Crippen molar-refractivity contribution in [3.8, 4) is 5.82 Å². The Morgan fingerprint density at radius 1 is 1.17 bits per heavy atom. The second-order valence-corrected chi connectivity index (χ2v) is 4.31. The van der Waals surface area contributed by atoms with Gasteiger partial charge in [-0.15, -0.1) is 0 Å². The van der Waals surface area contributed by atoms with Crippen LogP contribution in [-0.2, 0) is 6.54 Å². The SMILES string of the molecule is NCc1nc(-n2cnc3ccccc32)ccc1Cl. The number of hydrogen-bond acceptors (Lipinski definition) is 3. The van der Waals surface area contributed by atoms with Crippen molar-refractivity contribution in [2.75, 3.05) is 0 Å². The summed E-state index contributed by atoms with van der Waals surface area (Å²) in [5.74, 6) is 0.772. The van der Waals surface area contributed by atoms with Gasteiger partial charge < -0.3 is 5.73 Å². The van der Waals surface area contributed by atoms with Crippen LogP contribution in [0.2, 0.25) is 5.02 Å². The Kier molecular flexibility index (Phi) is 2.74. The average molecular weight is 259 g/mol. The molecule has 0 unspecified atom stereocenters. The normalized spacial score (nSPS) is 11.0. The van der Waals surface area contributed by atoms with E-state index >= 15 is 0 Å². The standard InChI is InChI=1S/C13H11ClN4/c14-9-5-6-13(17-11(9)7-15)18-8-16-10-3-1-2-4-12(10)18/h1-6,8H,7,15H2. The van der Waals surface area contributed by atoms with Gasteiger partial charge in [0.15, 0.2) is 0 Å². The first-order chi connectivity index (χ1) is 8.79. The van der Waals surface area contributed by atoms with E-state index in [0.717, 1.165) is 16.9 Å². The fourth-order valence-corrected chi connectivity index (χ4v) is 2.07. The van der Waals surface area contributed by atoms with E-state index in [2.05, 4.69) is 9.97 Å². The minimum Gasteiger partial charge on any atom is -0.325 e. The van der Waals surface area contributed by atoms with Gasteiger partial charge in [0, 0.05) is 6.54 Å². The molecule has 0 saturated heterocycles. The molecule has 2 aromatic heterocycles. The first-order valence-electron chi connectivity index (χ1n) is 5.57. The Hall–Kier alpha value is -1.91. The summed E-state index contributed by atoms with van der Waals surface area (Å²) in [4.78, 5) is 8.78. The van der Waals surface area contributed by atoms with Gasteiger partial charge in [-0.3, -0.25) is 4.57 Å². The van der Waals surface area contributed by atoms with E-state index in [1.165, 1.54) is 0 Å². The molecule has 0 amide bonds. The van der Waals surface area contributed by atoms with Gasteiger partial charge in [0.2, 0.25) is 0 Å². The second-order valence-electron chi connectivity index (χ2n) is 3.91. The third-order valence-electron chi connectivity index (χ3n) is 2.80. The van der Waals surface area contributed by atoms with Gasteiger partial charge in [0.25, 0.3) is 0 Å². The van der Waals surface area contributed by atoms with Crippen molar-refractivity contribution in [3.05, 3.63) is 53.4 Å². The van der Waals surface area contributed by atoms with Gasteiger partial charge in [-0.2, -0.15) is 0 Å². The lowest BCUT2D eigenvalue weighted by molar-refractivity contribution is 0.938. The fraction of sp³-hybridized carbons (Fsp3) is 0.0769. The van der Waals surface area contributed by atoms with Crippen LogP contribution in [0.4, 0.5) is 0 Å². The van der Waals surface area contributed by atoms with E-state index in [4.69, 9.17) is 17.3 Å². The number of benzene rings is 1. The lowest BCUT2D eigenvalue weighted by atomic mass is 10.3. The minimum atomic E-state index is 0.319. The van der Waals surface area contributed by atoms with Crippen molar-refractivity contribution in [2.24, 2.45) is 5.73 Å². The molecule has 2 heterocycles. The van der Waals surface area contributed by atoms with Crippen LogP contribution in [0.25, 0.3) is 16.9 Å². The van der Waals surface area contributed by atoms with Gasteiger partial charge in [-0.25, -0.2) is 9.97 Å². The molecule has 0 aliphatic heterocycles. The Bertz CT molecular complexity index is 705. The molecule has 0 radical (unpaired) electrons. The number of aromatic nitrogens is 3. The Morgan fingerprint density at radius 2 is 2.00 bits per heavy atom. The van der Waals surface area contributed by atoms with Crippen molar-refractivity contribution in [2.45, 2.75) is 6.54 Å². The molecule has 0 spiro atoms. The van der Waals surface area contributed by atoms with Crippen LogP contribution in [0.15, 0.2) is 42.7 Å². The molecule has 5 heteroatoms. The number of pyridine rings is 1. The molecule has 0 bridgehead atoms. The summed E-state index contributed by atoms with van der Waals surface area (Å²) >= 11 is 6.01. The van der Waals surface area contributed by atoms with Crippen molar-refractivity contribution in [3.63, 3.8) is 0 Å². The topological polar surface area (TPSA) is 56.7 Å². The Morgan fingerprint density at radius 3 is 2.83 bits per heavy atom. The molecular weight excluding hydrogens is 248 g/mol. The van der Waals surface area contributed by atoms with Crippen LogP contribution in [-0.4, -0.2) is 14.5 Å². The molecule has 4 nitrogen and oxygen atoms in total. The largest absolute Gasteiger partial charge is 0.325 e. The van der Waals surface area contributed by atoms with E-state index in [-0.39, 0.29) is 0 Å². The molecule has 2 N–H and O–H groups in total. The Labute approximate surface area is 109 Å². The highest BCUT2D eigenvalue weighted by molar-refractivity contribution is 6.31. The van der Waals surface area contributed by atoms with Gasteiger partial charge in [0.05, 0.1) is 21.7 Å². The summed E-state index contributed by atoms with van der Waals surface area (Å²) in [6, 6.07) is 11.6. The quantitative estimate of drug-likeness (QED) is 0.768. The van der Waals surface area contributed by atoms with Crippen LogP contribution < -0.4 is 5.73 Å². The van der Waals surface area contributed by atoms with E-state index in [9.17, 15) is 0 Å². The Balaban J connectivity index is 2.20. The third kappa shape index (κ3) is 1.75. The van der Waals surface area contributed by atoms with Crippen LogP contribution >= 0.6 is 11.6 Å². The van der Waals surface area contributed by atoms with Crippen LogP contribution in [0, 0.1) is 0 Å². The lowest BCUT2D eigenvalue weighted by Gasteiger charge is -2.06. The number of nitrogens with zero attached hydrogens (tertiary/aromatic N) is 3. The molecule has 0 aliphatic rings. The first kappa shape index (κ1) is 11.2. The highest BCUT2D eigenvalue weighted by Crippen LogP contribution is 2.19. The number of fused-ring (bicyclic) bond motifs is 1. The highest BCUT2D eigenvalue weighted by atomic mass is 35.5. The maximum Gasteiger partial charge on any atom is 0.138 e. The summed E-state index contributed by atoms with van der Waals surface area (Å²) in [5, 5.41) is 0.589. The van der Waals surface area contributed by atoms with Crippen molar-refractivity contribution >= 4 is 22.6 Å². The smallest absolute Gasteiger partial charge is 0.138 e. The molecule has 18 heavy (non-hydrogen) atoms. The van der Waals surface area contributed by atoms with Crippen molar-refractivity contribution < 1.29 is 0 Å². The molecule has 0 saturated carbocycles. The maximum absolute atomic E-state index is 6.01. The zero-order valence-corrected chi connectivity index (χ0v) is 10.3. The predicted octanol–water partition coefficient (Wildman–Crippen LogP) is 2.53. The van der Waals surface area contributed by atoms with Crippen LogP contribution in [0.3, 0.4) is 0 Å². The molecule has 3 rings (SSSR count). The molecule has 0 fully saturated rings. The van der Waals surface area contributed by atoms with E-state index in [1.807, 2.05) is 34.9 Å². The fourth-order valence-electron chi connectivity index (χ4n) is 1.89. The van der Waals surface area contributed by atoms with E-state index in [0.29, 0.717) is 17.3 Å². The average Bonchev–Trinajstić information content (AvgIpc) is 2.83. The molecule has 0 aliphatic carbocycles. The predicted molar refractivity (Wildman–Crippen MR) is 71.8 cm³/mol. The summed E-state index contributed by atoms with van der Waals surface area (Å²) in [7, 11) is 0. The van der Waals surface area contributed by atoms with Crippen molar-refractivity contribution in [1.82, 2.24) is 14.5 Å². The summed E-state index contributed by atoms with van der Waals surface area (Å²) < 4.78 is 1.92. The first-order valence-corrected chi connectivity index (χ1v) is 5.95. The monoisotopic (exact) mass is 258 g/mol. The van der Waals surface area contributed by atoms with Gasteiger partial charge in [-0.05, 0) is 24.3 Å². The lowest BCUT2D eigenvalue weighted by Crippen LogP contribution is -2.04. The number of halogens is 1. The summed E-state index contributed by atoms with van der Waals surface area (Å²) in [6.45, 7) is 0.319. The summed E-state index contributed by atoms with van der Waals surface area (Å²) in [6.07, 6.45) is 1.75. The van der Waals surface area contributed by atoms with Crippen molar-refractivity contribution in [1.29, 1.82) is 0 Å². The van der Waals surface area contributed by atoms with E-state index < -0.39 is 0 Å². The number of hydrogen-bond donors (Lipinski definition) is 1. The molecule has 0 atom stereocenters. The molecular formula is C13H11ClN4.